The number of benzene rings is 1. The van der Waals surface area contributed by atoms with Crippen molar-refractivity contribution < 1.29 is 14.3 Å². The van der Waals surface area contributed by atoms with Gasteiger partial charge in [0.25, 0.3) is 5.91 Å². The van der Waals surface area contributed by atoms with Crippen LogP contribution in [0.3, 0.4) is 0 Å². The molecule has 0 spiro atoms. The zero-order valence-corrected chi connectivity index (χ0v) is 16.9. The lowest BCUT2D eigenvalue weighted by molar-refractivity contribution is 0.0505. The molecule has 0 unspecified atom stereocenters. The monoisotopic (exact) mass is 392 g/mol. The van der Waals surface area contributed by atoms with Gasteiger partial charge in [-0.05, 0) is 56.5 Å². The van der Waals surface area contributed by atoms with Crippen LogP contribution in [0.5, 0.6) is 0 Å². The number of carbonyl (C=O) groups is 2. The summed E-state index contributed by atoms with van der Waals surface area (Å²) in [5, 5.41) is 8.14. The number of rotatable bonds is 6. The minimum absolute atomic E-state index is 0.211. The van der Waals surface area contributed by atoms with E-state index in [9.17, 15) is 9.59 Å². The van der Waals surface area contributed by atoms with Crippen LogP contribution in [0.4, 0.5) is 5.69 Å². The van der Waals surface area contributed by atoms with Crippen molar-refractivity contribution in [2.75, 3.05) is 11.9 Å². The van der Waals surface area contributed by atoms with Crippen LogP contribution in [-0.4, -0.2) is 33.2 Å². The van der Waals surface area contributed by atoms with Crippen LogP contribution in [0, 0.1) is 6.92 Å². The first-order chi connectivity index (χ1) is 14.0. The minimum atomic E-state index is -0.361. The number of hydrogen-bond donors (Lipinski definition) is 1. The number of nitrogens with one attached hydrogen (secondary N) is 1. The third-order valence-corrected chi connectivity index (χ3v) is 5.04. The van der Waals surface area contributed by atoms with E-state index in [0.717, 1.165) is 41.7 Å². The maximum absolute atomic E-state index is 13.1. The molecule has 1 amide bonds. The molecular formula is C22H24N4O3. The number of nitrogens with zero attached hydrogens (tertiary/aromatic N) is 3. The maximum atomic E-state index is 13.1. The predicted molar refractivity (Wildman–Crippen MR) is 110 cm³/mol. The van der Waals surface area contributed by atoms with Gasteiger partial charge in [0.15, 0.2) is 5.65 Å². The van der Waals surface area contributed by atoms with E-state index in [1.807, 2.05) is 27.0 Å². The summed E-state index contributed by atoms with van der Waals surface area (Å²) in [5.74, 6) is -0.146. The Kier molecular flexibility index (Phi) is 5.05. The molecule has 150 valence electrons. The van der Waals surface area contributed by atoms with Crippen LogP contribution in [-0.2, 0) is 11.8 Å². The molecule has 0 aliphatic heterocycles. The molecule has 7 heteroatoms. The number of amides is 1. The van der Waals surface area contributed by atoms with E-state index in [2.05, 4.69) is 10.4 Å². The second kappa shape index (κ2) is 7.66. The van der Waals surface area contributed by atoms with Crippen molar-refractivity contribution in [2.45, 2.75) is 39.0 Å². The van der Waals surface area contributed by atoms with Gasteiger partial charge in [0.2, 0.25) is 0 Å². The van der Waals surface area contributed by atoms with Crippen molar-refractivity contribution in [1.29, 1.82) is 0 Å². The van der Waals surface area contributed by atoms with Crippen molar-refractivity contribution in [3.05, 3.63) is 52.8 Å². The summed E-state index contributed by atoms with van der Waals surface area (Å²) in [5.41, 5.74) is 4.10. The SMILES string of the molecule is CCCOC(=O)c1ccc(NC(=O)c2cc(C3CC3)nc3c2c(C)nn3C)cc1. The van der Waals surface area contributed by atoms with Gasteiger partial charge < -0.3 is 10.1 Å². The average molecular weight is 392 g/mol. The van der Waals surface area contributed by atoms with Gasteiger partial charge >= 0.3 is 5.97 Å². The van der Waals surface area contributed by atoms with E-state index in [1.165, 1.54) is 0 Å². The fourth-order valence-corrected chi connectivity index (χ4v) is 3.40. The summed E-state index contributed by atoms with van der Waals surface area (Å²) in [6.45, 7) is 4.22. The second-order valence-corrected chi connectivity index (χ2v) is 7.44. The average Bonchev–Trinajstić information content (AvgIpc) is 3.52. The Morgan fingerprint density at radius 3 is 2.62 bits per heavy atom. The lowest BCUT2D eigenvalue weighted by Gasteiger charge is -2.10. The molecular weight excluding hydrogens is 368 g/mol. The molecule has 2 heterocycles. The first-order valence-corrected chi connectivity index (χ1v) is 9.90. The molecule has 0 bridgehead atoms. The molecule has 1 N–H and O–H groups in total. The van der Waals surface area contributed by atoms with Gasteiger partial charge in [-0.3, -0.25) is 9.48 Å². The number of aryl methyl sites for hydroxylation is 2. The molecule has 3 aromatic rings. The Balaban J connectivity index is 1.60. The number of anilines is 1. The fourth-order valence-electron chi connectivity index (χ4n) is 3.40. The topological polar surface area (TPSA) is 86.1 Å². The van der Waals surface area contributed by atoms with Crippen LogP contribution >= 0.6 is 0 Å². The highest BCUT2D eigenvalue weighted by Crippen LogP contribution is 2.40. The highest BCUT2D eigenvalue weighted by atomic mass is 16.5. The van der Waals surface area contributed by atoms with Crippen molar-refractivity contribution in [3.8, 4) is 0 Å². The van der Waals surface area contributed by atoms with Gasteiger partial charge in [0.05, 0.1) is 28.8 Å². The number of aromatic nitrogens is 3. The minimum Gasteiger partial charge on any atom is -0.462 e. The largest absolute Gasteiger partial charge is 0.462 e. The van der Waals surface area contributed by atoms with Crippen molar-refractivity contribution >= 4 is 28.6 Å². The number of fused-ring (bicyclic) bond motifs is 1. The molecule has 0 atom stereocenters. The Labute approximate surface area is 169 Å². The van der Waals surface area contributed by atoms with Crippen LogP contribution in [0.2, 0.25) is 0 Å². The molecule has 1 aliphatic rings. The third-order valence-electron chi connectivity index (χ3n) is 5.04. The Morgan fingerprint density at radius 2 is 1.97 bits per heavy atom. The van der Waals surface area contributed by atoms with Crippen LogP contribution < -0.4 is 5.32 Å². The molecule has 2 aromatic heterocycles. The van der Waals surface area contributed by atoms with E-state index < -0.39 is 0 Å². The lowest BCUT2D eigenvalue weighted by Crippen LogP contribution is -2.14. The molecule has 0 saturated heterocycles. The zero-order valence-electron chi connectivity index (χ0n) is 16.9. The highest BCUT2D eigenvalue weighted by Gasteiger charge is 2.28. The van der Waals surface area contributed by atoms with Crippen molar-refractivity contribution in [1.82, 2.24) is 14.8 Å². The van der Waals surface area contributed by atoms with E-state index in [0.29, 0.717) is 29.3 Å². The quantitative estimate of drug-likeness (QED) is 0.642. The molecule has 1 saturated carbocycles. The number of ether oxygens (including phenoxy) is 1. The van der Waals surface area contributed by atoms with Gasteiger partial charge in [-0.25, -0.2) is 9.78 Å². The van der Waals surface area contributed by atoms with E-state index in [-0.39, 0.29) is 11.9 Å². The number of carbonyl (C=O) groups excluding carboxylic acids is 2. The Bertz CT molecular complexity index is 1080. The summed E-state index contributed by atoms with van der Waals surface area (Å²) < 4.78 is 6.86. The maximum Gasteiger partial charge on any atom is 0.338 e. The zero-order chi connectivity index (χ0) is 20.5. The molecule has 0 radical (unpaired) electrons. The number of esters is 1. The number of hydrogen-bond acceptors (Lipinski definition) is 5. The first kappa shape index (κ1) is 19.1. The van der Waals surface area contributed by atoms with Crippen molar-refractivity contribution in [2.24, 2.45) is 7.05 Å². The Hall–Kier alpha value is -3.22. The molecule has 4 rings (SSSR count). The smallest absolute Gasteiger partial charge is 0.338 e. The summed E-state index contributed by atoms with van der Waals surface area (Å²) in [6, 6.07) is 8.61. The fraction of sp³-hybridized carbons (Fsp3) is 0.364. The van der Waals surface area contributed by atoms with E-state index in [4.69, 9.17) is 9.72 Å². The van der Waals surface area contributed by atoms with Crippen LogP contribution in [0.25, 0.3) is 11.0 Å². The summed E-state index contributed by atoms with van der Waals surface area (Å²) >= 11 is 0. The highest BCUT2D eigenvalue weighted by molar-refractivity contribution is 6.12. The normalized spacial score (nSPS) is 13.5. The van der Waals surface area contributed by atoms with E-state index >= 15 is 0 Å². The van der Waals surface area contributed by atoms with Gasteiger partial charge in [0.1, 0.15) is 0 Å². The van der Waals surface area contributed by atoms with Gasteiger partial charge in [0, 0.05) is 24.3 Å². The Morgan fingerprint density at radius 1 is 1.24 bits per heavy atom. The second-order valence-electron chi connectivity index (χ2n) is 7.44. The predicted octanol–water partition coefficient (Wildman–Crippen LogP) is 3.97. The van der Waals surface area contributed by atoms with Crippen molar-refractivity contribution in [3.63, 3.8) is 0 Å². The number of pyridine rings is 1. The summed E-state index contributed by atoms with van der Waals surface area (Å²) in [6.07, 6.45) is 2.98. The van der Waals surface area contributed by atoms with Gasteiger partial charge in [-0.2, -0.15) is 5.10 Å². The first-order valence-electron chi connectivity index (χ1n) is 9.90. The summed E-state index contributed by atoms with van der Waals surface area (Å²) in [4.78, 5) is 29.7. The lowest BCUT2D eigenvalue weighted by atomic mass is 10.1. The summed E-state index contributed by atoms with van der Waals surface area (Å²) in [7, 11) is 1.84. The molecule has 1 aliphatic carbocycles. The standard InChI is InChI=1S/C22H24N4O3/c1-4-11-29-22(28)15-7-9-16(10-8-15)23-21(27)17-12-18(14-5-6-14)24-20-19(17)13(2)25-26(20)3/h7-10,12,14H,4-6,11H2,1-3H3,(H,23,27). The molecule has 29 heavy (non-hydrogen) atoms. The van der Waals surface area contributed by atoms with Gasteiger partial charge in [-0.1, -0.05) is 6.92 Å². The molecule has 1 aromatic carbocycles. The third kappa shape index (κ3) is 3.85. The van der Waals surface area contributed by atoms with Gasteiger partial charge in [-0.15, -0.1) is 0 Å². The van der Waals surface area contributed by atoms with Crippen LogP contribution in [0.15, 0.2) is 30.3 Å². The van der Waals surface area contributed by atoms with Crippen LogP contribution in [0.1, 0.15) is 64.2 Å². The molecule has 7 nitrogen and oxygen atoms in total. The molecule has 1 fully saturated rings. The van der Waals surface area contributed by atoms with E-state index in [1.54, 1.807) is 28.9 Å².